The van der Waals surface area contributed by atoms with Gasteiger partial charge >= 0.3 is 6.18 Å². The molecule has 0 saturated heterocycles. The van der Waals surface area contributed by atoms with Crippen LogP contribution in [0, 0.1) is 0 Å². The predicted molar refractivity (Wildman–Crippen MR) is 92.8 cm³/mol. The topological polar surface area (TPSA) is 38.0 Å². The zero-order valence-corrected chi connectivity index (χ0v) is 14.5. The highest BCUT2D eigenvalue weighted by atomic mass is 35.5. The molecule has 1 N–H and O–H groups in total. The highest BCUT2D eigenvalue weighted by Gasteiger charge is 2.31. The Bertz CT molecular complexity index is 878. The Balaban J connectivity index is 1.92. The standard InChI is InChI=1S/C17H14ClF3N2OS/c18-12-2-4-13(5-3-12)25-10-16-22-14-9-11(17(19,20)21)1-6-15(14)23(16)7-8-24/h1-6,9,24H,7-8,10H2. The van der Waals surface area contributed by atoms with Crippen LogP contribution in [0.2, 0.25) is 5.02 Å². The van der Waals surface area contributed by atoms with Crippen molar-refractivity contribution in [2.45, 2.75) is 23.4 Å². The van der Waals surface area contributed by atoms with Crippen molar-refractivity contribution < 1.29 is 18.3 Å². The van der Waals surface area contributed by atoms with E-state index in [1.165, 1.54) is 17.8 Å². The van der Waals surface area contributed by atoms with Gasteiger partial charge in [-0.25, -0.2) is 4.98 Å². The molecule has 1 heterocycles. The van der Waals surface area contributed by atoms with Gasteiger partial charge in [-0.05, 0) is 42.5 Å². The molecular formula is C17H14ClF3N2OS. The predicted octanol–water partition coefficient (Wildman–Crippen LogP) is 4.99. The summed E-state index contributed by atoms with van der Waals surface area (Å²) in [6.45, 7) is 0.156. The summed E-state index contributed by atoms with van der Waals surface area (Å²) >= 11 is 7.36. The quantitative estimate of drug-likeness (QED) is 0.627. The number of rotatable bonds is 5. The van der Waals surface area contributed by atoms with E-state index in [1.807, 2.05) is 12.1 Å². The van der Waals surface area contributed by atoms with Gasteiger partial charge in [0.25, 0.3) is 0 Å². The van der Waals surface area contributed by atoms with Crippen molar-refractivity contribution in [2.75, 3.05) is 6.61 Å². The summed E-state index contributed by atoms with van der Waals surface area (Å²) in [6, 6.07) is 10.8. The number of aromatic nitrogens is 2. The first kappa shape index (κ1) is 18.1. The molecule has 3 rings (SSSR count). The van der Waals surface area contributed by atoms with Gasteiger partial charge in [-0.3, -0.25) is 0 Å². The molecule has 0 radical (unpaired) electrons. The number of thioether (sulfide) groups is 1. The molecule has 0 bridgehead atoms. The molecule has 3 nitrogen and oxygen atoms in total. The normalized spacial score (nSPS) is 12.0. The van der Waals surface area contributed by atoms with Crippen LogP contribution in [0.1, 0.15) is 11.4 Å². The fourth-order valence-corrected chi connectivity index (χ4v) is 3.47. The first-order chi connectivity index (χ1) is 11.9. The Morgan fingerprint density at radius 1 is 1.12 bits per heavy atom. The van der Waals surface area contributed by atoms with Crippen molar-refractivity contribution >= 4 is 34.4 Å². The Morgan fingerprint density at radius 2 is 1.84 bits per heavy atom. The monoisotopic (exact) mass is 386 g/mol. The van der Waals surface area contributed by atoms with Crippen LogP contribution in [-0.2, 0) is 18.5 Å². The largest absolute Gasteiger partial charge is 0.416 e. The number of hydrogen-bond donors (Lipinski definition) is 1. The highest BCUT2D eigenvalue weighted by molar-refractivity contribution is 7.98. The van der Waals surface area contributed by atoms with E-state index in [0.717, 1.165) is 17.0 Å². The van der Waals surface area contributed by atoms with Gasteiger partial charge in [0.05, 0.1) is 29.0 Å². The van der Waals surface area contributed by atoms with Gasteiger partial charge in [0.1, 0.15) is 5.82 Å². The van der Waals surface area contributed by atoms with Crippen molar-refractivity contribution in [1.29, 1.82) is 0 Å². The van der Waals surface area contributed by atoms with Gasteiger partial charge in [0.2, 0.25) is 0 Å². The molecule has 0 atom stereocenters. The fourth-order valence-electron chi connectivity index (χ4n) is 2.49. The summed E-state index contributed by atoms with van der Waals surface area (Å²) in [6.07, 6.45) is -4.41. The third-order valence-electron chi connectivity index (χ3n) is 3.66. The first-order valence-electron chi connectivity index (χ1n) is 7.44. The Morgan fingerprint density at radius 3 is 2.48 bits per heavy atom. The molecule has 0 aliphatic rings. The van der Waals surface area contributed by atoms with Crippen LogP contribution in [0.4, 0.5) is 13.2 Å². The maximum Gasteiger partial charge on any atom is 0.416 e. The lowest BCUT2D eigenvalue weighted by Crippen LogP contribution is -2.07. The minimum atomic E-state index is -4.41. The maximum absolute atomic E-state index is 12.9. The molecule has 1 aromatic heterocycles. The van der Waals surface area contributed by atoms with Gasteiger partial charge in [-0.2, -0.15) is 13.2 Å². The van der Waals surface area contributed by atoms with Crippen molar-refractivity contribution in [2.24, 2.45) is 0 Å². The van der Waals surface area contributed by atoms with E-state index in [0.29, 0.717) is 22.1 Å². The average molecular weight is 387 g/mol. The number of nitrogens with zero attached hydrogens (tertiary/aromatic N) is 2. The van der Waals surface area contributed by atoms with Crippen LogP contribution in [0.15, 0.2) is 47.4 Å². The van der Waals surface area contributed by atoms with E-state index in [-0.39, 0.29) is 18.7 Å². The summed E-state index contributed by atoms with van der Waals surface area (Å²) in [7, 11) is 0. The zero-order valence-electron chi connectivity index (χ0n) is 12.9. The molecule has 8 heteroatoms. The summed E-state index contributed by atoms with van der Waals surface area (Å²) in [5.74, 6) is 1.08. The third-order valence-corrected chi connectivity index (χ3v) is 4.92. The maximum atomic E-state index is 12.9. The Labute approximate surface area is 151 Å². The van der Waals surface area contributed by atoms with Crippen molar-refractivity contribution in [3.8, 4) is 0 Å². The molecule has 0 spiro atoms. The number of alkyl halides is 3. The third kappa shape index (κ3) is 4.11. The summed E-state index contributed by atoms with van der Waals surface area (Å²) in [5.41, 5.74) is 0.120. The van der Waals surface area contributed by atoms with Crippen LogP contribution in [0.3, 0.4) is 0 Å². The highest BCUT2D eigenvalue weighted by Crippen LogP contribution is 2.32. The van der Waals surface area contributed by atoms with Crippen molar-refractivity contribution in [1.82, 2.24) is 9.55 Å². The number of halogens is 4. The summed E-state index contributed by atoms with van der Waals surface area (Å²) < 4.78 is 40.4. The Hall–Kier alpha value is -1.70. The molecule has 0 unspecified atom stereocenters. The second kappa shape index (κ2) is 7.27. The second-order valence-corrected chi connectivity index (χ2v) is 6.83. The van der Waals surface area contributed by atoms with E-state index < -0.39 is 11.7 Å². The van der Waals surface area contributed by atoms with Gasteiger partial charge < -0.3 is 9.67 Å². The minimum Gasteiger partial charge on any atom is -0.395 e. The van der Waals surface area contributed by atoms with Gasteiger partial charge in [0.15, 0.2) is 0 Å². The number of hydrogen-bond acceptors (Lipinski definition) is 3. The molecule has 0 aliphatic heterocycles. The lowest BCUT2D eigenvalue weighted by Gasteiger charge is -2.08. The molecular weight excluding hydrogens is 373 g/mol. The zero-order chi connectivity index (χ0) is 18.0. The van der Waals surface area contributed by atoms with E-state index in [9.17, 15) is 18.3 Å². The molecule has 0 fully saturated rings. The number of aliphatic hydroxyl groups is 1. The summed E-state index contributed by atoms with van der Waals surface area (Å²) in [5, 5.41) is 9.91. The van der Waals surface area contributed by atoms with E-state index in [2.05, 4.69) is 4.98 Å². The smallest absolute Gasteiger partial charge is 0.395 e. The van der Waals surface area contributed by atoms with E-state index in [4.69, 9.17) is 11.6 Å². The molecule has 2 aromatic carbocycles. The number of benzene rings is 2. The first-order valence-corrected chi connectivity index (χ1v) is 8.80. The molecule has 0 amide bonds. The Kier molecular flexibility index (Phi) is 5.27. The van der Waals surface area contributed by atoms with Crippen molar-refractivity contribution in [3.63, 3.8) is 0 Å². The average Bonchev–Trinajstić information content (AvgIpc) is 2.91. The lowest BCUT2D eigenvalue weighted by atomic mass is 10.2. The van der Waals surface area contributed by atoms with E-state index in [1.54, 1.807) is 16.7 Å². The molecule has 0 saturated carbocycles. The molecule has 0 aliphatic carbocycles. The van der Waals surface area contributed by atoms with Crippen LogP contribution in [-0.4, -0.2) is 21.3 Å². The molecule has 132 valence electrons. The fraction of sp³-hybridized carbons (Fsp3) is 0.235. The van der Waals surface area contributed by atoms with Crippen LogP contribution < -0.4 is 0 Å². The molecule has 3 aromatic rings. The van der Waals surface area contributed by atoms with Gasteiger partial charge in [-0.15, -0.1) is 11.8 Å². The molecule has 25 heavy (non-hydrogen) atoms. The number of aliphatic hydroxyl groups excluding tert-OH is 1. The number of imidazole rings is 1. The van der Waals surface area contributed by atoms with Crippen molar-refractivity contribution in [3.05, 3.63) is 58.9 Å². The van der Waals surface area contributed by atoms with Crippen LogP contribution in [0.5, 0.6) is 0 Å². The summed E-state index contributed by atoms with van der Waals surface area (Å²) in [4.78, 5) is 5.32. The number of fused-ring (bicyclic) bond motifs is 1. The SMILES string of the molecule is OCCn1c(CSc2ccc(Cl)cc2)nc2cc(C(F)(F)F)ccc21. The van der Waals surface area contributed by atoms with Gasteiger partial charge in [-0.1, -0.05) is 11.6 Å². The second-order valence-electron chi connectivity index (χ2n) is 5.35. The lowest BCUT2D eigenvalue weighted by molar-refractivity contribution is -0.137. The van der Waals surface area contributed by atoms with E-state index >= 15 is 0 Å². The van der Waals surface area contributed by atoms with Crippen LogP contribution in [0.25, 0.3) is 11.0 Å². The van der Waals surface area contributed by atoms with Crippen LogP contribution >= 0.6 is 23.4 Å². The van der Waals surface area contributed by atoms with Gasteiger partial charge in [0, 0.05) is 16.5 Å². The minimum absolute atomic E-state index is 0.120.